The second-order valence-electron chi connectivity index (χ2n) is 4.40. The Morgan fingerprint density at radius 3 is 2.95 bits per heavy atom. The molecule has 0 bridgehead atoms. The lowest BCUT2D eigenvalue weighted by Crippen LogP contribution is -1.99. The maximum absolute atomic E-state index is 11.1. The topological polar surface area (TPSA) is 46.5 Å². The van der Waals surface area contributed by atoms with Crippen LogP contribution in [0.4, 0.5) is 0 Å². The minimum absolute atomic E-state index is 0.266. The molecule has 0 atom stereocenters. The third kappa shape index (κ3) is 2.42. The minimum Gasteiger partial charge on any atom is -0.487 e. The van der Waals surface area contributed by atoms with Crippen molar-refractivity contribution in [3.63, 3.8) is 0 Å². The summed E-state index contributed by atoms with van der Waals surface area (Å²) in [6, 6.07) is 9.91. The molecule has 1 aromatic carbocycles. The van der Waals surface area contributed by atoms with Crippen LogP contribution in [0, 0.1) is 6.92 Å². The van der Waals surface area contributed by atoms with Gasteiger partial charge in [-0.3, -0.25) is 0 Å². The highest BCUT2D eigenvalue weighted by molar-refractivity contribution is 7.17. The molecule has 0 spiro atoms. The summed E-state index contributed by atoms with van der Waals surface area (Å²) < 4.78 is 6.92. The van der Waals surface area contributed by atoms with E-state index in [9.17, 15) is 4.79 Å². The molecule has 5 heteroatoms. The molecule has 0 saturated heterocycles. The number of thiophene rings is 2. The van der Waals surface area contributed by atoms with Crippen molar-refractivity contribution in [2.45, 2.75) is 13.5 Å². The normalized spacial score (nSPS) is 10.8. The van der Waals surface area contributed by atoms with Gasteiger partial charge >= 0.3 is 5.97 Å². The number of ether oxygens (including phenoxy) is 1. The van der Waals surface area contributed by atoms with Gasteiger partial charge in [-0.2, -0.15) is 0 Å². The molecule has 3 aromatic rings. The fourth-order valence-corrected chi connectivity index (χ4v) is 3.79. The van der Waals surface area contributed by atoms with Gasteiger partial charge in [0.2, 0.25) is 0 Å². The molecular formula is C15H12O3S2. The predicted molar refractivity (Wildman–Crippen MR) is 82.2 cm³/mol. The van der Waals surface area contributed by atoms with Crippen molar-refractivity contribution >= 4 is 38.7 Å². The van der Waals surface area contributed by atoms with Crippen LogP contribution >= 0.6 is 22.7 Å². The van der Waals surface area contributed by atoms with Crippen LogP contribution in [-0.2, 0) is 6.61 Å². The summed E-state index contributed by atoms with van der Waals surface area (Å²) in [6.07, 6.45) is 0. The maximum Gasteiger partial charge on any atom is 0.349 e. The molecular weight excluding hydrogens is 292 g/mol. The van der Waals surface area contributed by atoms with Crippen LogP contribution in [0.2, 0.25) is 0 Å². The molecule has 2 heterocycles. The van der Waals surface area contributed by atoms with Gasteiger partial charge in [0.1, 0.15) is 12.4 Å². The summed E-state index contributed by atoms with van der Waals surface area (Å²) in [5, 5.41) is 12.4. The number of carbonyl (C=O) groups is 1. The highest BCUT2D eigenvalue weighted by atomic mass is 32.1. The molecule has 0 amide bonds. The van der Waals surface area contributed by atoms with Gasteiger partial charge in [0, 0.05) is 15.1 Å². The molecule has 0 fully saturated rings. The van der Waals surface area contributed by atoms with E-state index in [0.29, 0.717) is 12.4 Å². The molecule has 0 aliphatic heterocycles. The monoisotopic (exact) mass is 304 g/mol. The molecule has 20 heavy (non-hydrogen) atoms. The number of hydrogen-bond donors (Lipinski definition) is 1. The van der Waals surface area contributed by atoms with Crippen LogP contribution in [0.1, 0.15) is 20.1 Å². The molecule has 2 aromatic heterocycles. The van der Waals surface area contributed by atoms with E-state index >= 15 is 0 Å². The van der Waals surface area contributed by atoms with Gasteiger partial charge in [-0.1, -0.05) is 18.2 Å². The Hall–Kier alpha value is -1.85. The zero-order chi connectivity index (χ0) is 14.1. The van der Waals surface area contributed by atoms with E-state index in [0.717, 1.165) is 10.4 Å². The fraction of sp³-hybridized carbons (Fsp3) is 0.133. The standard InChI is InChI=1S/C15H12O3S2/c1-9-6-12(14(20-9)15(16)17)18-7-10-8-19-13-5-3-2-4-11(10)13/h2-6,8H,7H2,1H3,(H,16,17). The van der Waals surface area contributed by atoms with Crippen molar-refractivity contribution < 1.29 is 14.6 Å². The average Bonchev–Trinajstić information content (AvgIpc) is 3.00. The van der Waals surface area contributed by atoms with Crippen LogP contribution in [0.25, 0.3) is 10.1 Å². The first kappa shape index (κ1) is 13.1. The Bertz CT molecular complexity index is 770. The Morgan fingerprint density at radius 2 is 2.15 bits per heavy atom. The molecule has 0 saturated carbocycles. The predicted octanol–water partition coefficient (Wildman–Crippen LogP) is 4.55. The number of carboxylic acid groups (broad SMARTS) is 1. The molecule has 3 nitrogen and oxygen atoms in total. The van der Waals surface area contributed by atoms with Crippen molar-refractivity contribution in [2.75, 3.05) is 0 Å². The van der Waals surface area contributed by atoms with Gasteiger partial charge in [0.15, 0.2) is 4.88 Å². The van der Waals surface area contributed by atoms with Gasteiger partial charge < -0.3 is 9.84 Å². The van der Waals surface area contributed by atoms with Crippen LogP contribution in [-0.4, -0.2) is 11.1 Å². The van der Waals surface area contributed by atoms with E-state index in [1.807, 2.05) is 19.1 Å². The summed E-state index contributed by atoms with van der Waals surface area (Å²) >= 11 is 2.91. The number of rotatable bonds is 4. The Kier molecular flexibility index (Phi) is 3.46. The van der Waals surface area contributed by atoms with Crippen LogP contribution in [0.15, 0.2) is 35.7 Å². The SMILES string of the molecule is Cc1cc(OCc2csc3ccccc23)c(C(=O)O)s1. The lowest BCUT2D eigenvalue weighted by Gasteiger charge is -2.04. The van der Waals surface area contributed by atoms with Gasteiger partial charge in [-0.15, -0.1) is 22.7 Å². The lowest BCUT2D eigenvalue weighted by molar-refractivity contribution is 0.0697. The molecule has 0 radical (unpaired) electrons. The van der Waals surface area contributed by atoms with E-state index in [-0.39, 0.29) is 4.88 Å². The van der Waals surface area contributed by atoms with Crippen LogP contribution in [0.5, 0.6) is 5.75 Å². The summed E-state index contributed by atoms with van der Waals surface area (Å²) in [7, 11) is 0. The first-order valence-electron chi connectivity index (χ1n) is 6.07. The molecule has 0 aliphatic rings. The van der Waals surface area contributed by atoms with Crippen molar-refractivity contribution in [3.8, 4) is 5.75 Å². The third-order valence-corrected chi connectivity index (χ3v) is 4.99. The molecule has 3 rings (SSSR count). The van der Waals surface area contributed by atoms with E-state index in [2.05, 4.69) is 17.5 Å². The summed E-state index contributed by atoms with van der Waals surface area (Å²) in [4.78, 5) is 12.3. The molecule has 0 unspecified atom stereocenters. The van der Waals surface area contributed by atoms with Gasteiger partial charge in [-0.25, -0.2) is 4.79 Å². The first-order valence-corrected chi connectivity index (χ1v) is 7.76. The van der Waals surface area contributed by atoms with E-state index in [1.54, 1.807) is 17.4 Å². The average molecular weight is 304 g/mol. The smallest absolute Gasteiger partial charge is 0.349 e. The second-order valence-corrected chi connectivity index (χ2v) is 6.57. The van der Waals surface area contributed by atoms with Crippen molar-refractivity contribution in [2.24, 2.45) is 0 Å². The maximum atomic E-state index is 11.1. The minimum atomic E-state index is -0.937. The Labute approximate surface area is 124 Å². The fourth-order valence-electron chi connectivity index (χ4n) is 2.05. The zero-order valence-corrected chi connectivity index (χ0v) is 12.4. The number of aryl methyl sites for hydroxylation is 1. The first-order chi connectivity index (χ1) is 9.65. The highest BCUT2D eigenvalue weighted by Gasteiger charge is 2.15. The second kappa shape index (κ2) is 5.26. The van der Waals surface area contributed by atoms with Gasteiger partial charge in [0.25, 0.3) is 0 Å². The van der Waals surface area contributed by atoms with E-state index < -0.39 is 5.97 Å². The quantitative estimate of drug-likeness (QED) is 0.769. The van der Waals surface area contributed by atoms with Crippen LogP contribution < -0.4 is 4.74 Å². The lowest BCUT2D eigenvalue weighted by atomic mass is 10.2. The van der Waals surface area contributed by atoms with E-state index in [4.69, 9.17) is 9.84 Å². The Morgan fingerprint density at radius 1 is 1.35 bits per heavy atom. The molecule has 102 valence electrons. The molecule has 1 N–H and O–H groups in total. The van der Waals surface area contributed by atoms with Crippen molar-refractivity contribution in [1.29, 1.82) is 0 Å². The highest BCUT2D eigenvalue weighted by Crippen LogP contribution is 2.31. The zero-order valence-electron chi connectivity index (χ0n) is 10.8. The number of hydrogen-bond acceptors (Lipinski definition) is 4. The number of carboxylic acids is 1. The number of aromatic carboxylic acids is 1. The summed E-state index contributed by atoms with van der Waals surface area (Å²) in [6.45, 7) is 2.27. The Balaban J connectivity index is 1.85. The summed E-state index contributed by atoms with van der Waals surface area (Å²) in [5.74, 6) is -0.483. The van der Waals surface area contributed by atoms with Gasteiger partial charge in [-0.05, 0) is 29.8 Å². The molecule has 0 aliphatic carbocycles. The van der Waals surface area contributed by atoms with Crippen LogP contribution in [0.3, 0.4) is 0 Å². The summed E-state index contributed by atoms with van der Waals surface area (Å²) in [5.41, 5.74) is 1.09. The number of fused-ring (bicyclic) bond motifs is 1. The number of benzene rings is 1. The third-order valence-electron chi connectivity index (χ3n) is 2.96. The largest absolute Gasteiger partial charge is 0.487 e. The van der Waals surface area contributed by atoms with Crippen molar-refractivity contribution in [3.05, 3.63) is 51.0 Å². The van der Waals surface area contributed by atoms with Gasteiger partial charge in [0.05, 0.1) is 0 Å². The van der Waals surface area contributed by atoms with E-state index in [1.165, 1.54) is 21.4 Å². The van der Waals surface area contributed by atoms with Crippen molar-refractivity contribution in [1.82, 2.24) is 0 Å².